The highest BCUT2D eigenvalue weighted by Gasteiger charge is 2.29. The Labute approximate surface area is 155 Å². The van der Waals surface area contributed by atoms with Crippen molar-refractivity contribution in [1.29, 1.82) is 0 Å². The Hall–Kier alpha value is -0.910. The van der Waals surface area contributed by atoms with Crippen molar-refractivity contribution in [3.8, 4) is 0 Å². The van der Waals surface area contributed by atoms with Crippen LogP contribution in [0, 0.1) is 0 Å². The molecule has 7 nitrogen and oxygen atoms in total. The number of likely N-dealkylation sites (N-methyl/N-ethyl adjacent to an activating group) is 1. The summed E-state index contributed by atoms with van der Waals surface area (Å²) in [6.45, 7) is 2.84. The molecule has 0 aliphatic carbocycles. The number of benzene rings is 1. The van der Waals surface area contributed by atoms with Gasteiger partial charge in [0.1, 0.15) is 0 Å². The van der Waals surface area contributed by atoms with Gasteiger partial charge in [0.2, 0.25) is 10.0 Å². The van der Waals surface area contributed by atoms with Crippen LogP contribution < -0.4 is 11.1 Å². The Bertz CT molecular complexity index is 642. The summed E-state index contributed by atoms with van der Waals surface area (Å²) in [5.41, 5.74) is 6.30. The van der Waals surface area contributed by atoms with Crippen LogP contribution in [0.25, 0.3) is 0 Å². The highest BCUT2D eigenvalue weighted by molar-refractivity contribution is 14.0. The molecule has 1 aromatic rings. The molecule has 9 heteroatoms. The lowest BCUT2D eigenvalue weighted by Crippen LogP contribution is -2.47. The summed E-state index contributed by atoms with van der Waals surface area (Å²) in [6.07, 6.45) is 0. The second kappa shape index (κ2) is 8.81. The van der Waals surface area contributed by atoms with E-state index in [1.54, 1.807) is 29.6 Å². The molecule has 1 heterocycles. The van der Waals surface area contributed by atoms with Gasteiger partial charge in [0, 0.05) is 39.8 Å². The SMILES string of the molecule is CN=C(N)NCc1ccccc1S(=O)(=O)N1CCN(C)CC1.I. The molecule has 1 aliphatic heterocycles. The maximum atomic E-state index is 12.8. The van der Waals surface area contributed by atoms with Crippen LogP contribution in [0.1, 0.15) is 5.56 Å². The normalized spacial score (nSPS) is 17.6. The molecule has 0 saturated carbocycles. The van der Waals surface area contributed by atoms with Crippen molar-refractivity contribution in [1.82, 2.24) is 14.5 Å². The molecule has 0 bridgehead atoms. The van der Waals surface area contributed by atoms with Crippen LogP contribution in [0.3, 0.4) is 0 Å². The second-order valence-corrected chi connectivity index (χ2v) is 7.18. The second-order valence-electron chi connectivity index (χ2n) is 5.28. The molecule has 0 radical (unpaired) electrons. The molecule has 0 atom stereocenters. The van der Waals surface area contributed by atoms with E-state index in [1.165, 1.54) is 0 Å². The number of nitrogens with two attached hydrogens (primary N) is 1. The Morgan fingerprint density at radius 2 is 1.87 bits per heavy atom. The highest BCUT2D eigenvalue weighted by Crippen LogP contribution is 2.21. The van der Waals surface area contributed by atoms with Crippen molar-refractivity contribution in [2.75, 3.05) is 40.3 Å². The van der Waals surface area contributed by atoms with Crippen molar-refractivity contribution in [2.45, 2.75) is 11.4 Å². The van der Waals surface area contributed by atoms with Crippen LogP contribution in [0.2, 0.25) is 0 Å². The molecule has 0 unspecified atom stereocenters. The minimum absolute atomic E-state index is 0. The van der Waals surface area contributed by atoms with Crippen LogP contribution in [0.15, 0.2) is 34.2 Å². The molecule has 130 valence electrons. The monoisotopic (exact) mass is 453 g/mol. The third kappa shape index (κ3) is 5.03. The number of guanidine groups is 1. The topological polar surface area (TPSA) is 91.0 Å². The van der Waals surface area contributed by atoms with E-state index in [1.807, 2.05) is 13.1 Å². The number of hydrogen-bond donors (Lipinski definition) is 2. The van der Waals surface area contributed by atoms with Gasteiger partial charge in [0.15, 0.2) is 5.96 Å². The van der Waals surface area contributed by atoms with Gasteiger partial charge in [-0.3, -0.25) is 4.99 Å². The fourth-order valence-corrected chi connectivity index (χ4v) is 3.98. The zero-order chi connectivity index (χ0) is 16.2. The van der Waals surface area contributed by atoms with E-state index in [-0.39, 0.29) is 29.9 Å². The Kier molecular flexibility index (Phi) is 7.71. The average molecular weight is 453 g/mol. The highest BCUT2D eigenvalue weighted by atomic mass is 127. The molecule has 3 N–H and O–H groups in total. The van der Waals surface area contributed by atoms with Crippen LogP contribution in [0.5, 0.6) is 0 Å². The zero-order valence-corrected chi connectivity index (χ0v) is 16.5. The number of hydrogen-bond acceptors (Lipinski definition) is 4. The predicted molar refractivity (Wildman–Crippen MR) is 102 cm³/mol. The average Bonchev–Trinajstić information content (AvgIpc) is 2.53. The van der Waals surface area contributed by atoms with Gasteiger partial charge in [-0.15, -0.1) is 24.0 Å². The van der Waals surface area contributed by atoms with E-state index in [4.69, 9.17) is 5.73 Å². The summed E-state index contributed by atoms with van der Waals surface area (Å²) in [5, 5.41) is 2.91. The number of aliphatic imine (C=N–C) groups is 1. The smallest absolute Gasteiger partial charge is 0.243 e. The summed E-state index contributed by atoms with van der Waals surface area (Å²) in [5.74, 6) is 0.284. The van der Waals surface area contributed by atoms with E-state index in [0.29, 0.717) is 30.1 Å². The van der Waals surface area contributed by atoms with Gasteiger partial charge >= 0.3 is 0 Å². The third-order valence-corrected chi connectivity index (χ3v) is 5.75. The Morgan fingerprint density at radius 3 is 2.48 bits per heavy atom. The van der Waals surface area contributed by atoms with Gasteiger partial charge in [-0.2, -0.15) is 4.31 Å². The van der Waals surface area contributed by atoms with E-state index >= 15 is 0 Å². The minimum atomic E-state index is -3.48. The van der Waals surface area contributed by atoms with Crippen LogP contribution in [-0.2, 0) is 16.6 Å². The van der Waals surface area contributed by atoms with Crippen LogP contribution in [-0.4, -0.2) is 63.9 Å². The van der Waals surface area contributed by atoms with Crippen molar-refractivity contribution in [3.63, 3.8) is 0 Å². The summed E-state index contributed by atoms with van der Waals surface area (Å²) in [4.78, 5) is 6.26. The molecule has 23 heavy (non-hydrogen) atoms. The molecule has 1 aliphatic rings. The molecule has 2 rings (SSSR count). The Balaban J connectivity index is 0.00000264. The number of nitrogens with one attached hydrogen (secondary N) is 1. The van der Waals surface area contributed by atoms with E-state index in [2.05, 4.69) is 15.2 Å². The molecule has 1 fully saturated rings. The summed E-state index contributed by atoms with van der Waals surface area (Å²) < 4.78 is 27.2. The van der Waals surface area contributed by atoms with Gasteiger partial charge in [-0.25, -0.2) is 8.42 Å². The number of sulfonamides is 1. The van der Waals surface area contributed by atoms with Gasteiger partial charge in [-0.05, 0) is 18.7 Å². The summed E-state index contributed by atoms with van der Waals surface area (Å²) in [6, 6.07) is 6.99. The van der Waals surface area contributed by atoms with Crippen molar-refractivity contribution < 1.29 is 8.42 Å². The lowest BCUT2D eigenvalue weighted by atomic mass is 10.2. The maximum Gasteiger partial charge on any atom is 0.243 e. The van der Waals surface area contributed by atoms with Gasteiger partial charge in [-0.1, -0.05) is 18.2 Å². The first-order valence-electron chi connectivity index (χ1n) is 7.18. The summed E-state index contributed by atoms with van der Waals surface area (Å²) >= 11 is 0. The molecule has 0 aromatic heterocycles. The first-order chi connectivity index (χ1) is 10.4. The minimum Gasteiger partial charge on any atom is -0.370 e. The first-order valence-corrected chi connectivity index (χ1v) is 8.62. The van der Waals surface area contributed by atoms with Crippen molar-refractivity contribution >= 4 is 40.0 Å². The van der Waals surface area contributed by atoms with Crippen LogP contribution >= 0.6 is 24.0 Å². The quantitative estimate of drug-likeness (QED) is 0.388. The molecule has 1 saturated heterocycles. The first kappa shape index (κ1) is 20.1. The molecular weight excluding hydrogens is 429 g/mol. The Morgan fingerprint density at radius 1 is 1.26 bits per heavy atom. The van der Waals surface area contributed by atoms with Gasteiger partial charge < -0.3 is 16.0 Å². The van der Waals surface area contributed by atoms with E-state index < -0.39 is 10.0 Å². The van der Waals surface area contributed by atoms with Gasteiger partial charge in [0.05, 0.1) is 4.90 Å². The molecule has 1 aromatic carbocycles. The van der Waals surface area contributed by atoms with E-state index in [9.17, 15) is 8.42 Å². The lowest BCUT2D eigenvalue weighted by molar-refractivity contribution is 0.222. The van der Waals surface area contributed by atoms with Crippen molar-refractivity contribution in [2.24, 2.45) is 10.7 Å². The number of halogens is 1. The number of piperazine rings is 1. The maximum absolute atomic E-state index is 12.8. The fourth-order valence-electron chi connectivity index (χ4n) is 2.33. The van der Waals surface area contributed by atoms with Crippen LogP contribution in [0.4, 0.5) is 0 Å². The molecule has 0 spiro atoms. The largest absolute Gasteiger partial charge is 0.370 e. The fraction of sp³-hybridized carbons (Fsp3) is 0.500. The molecule has 0 amide bonds. The number of rotatable bonds is 4. The van der Waals surface area contributed by atoms with Gasteiger partial charge in [0.25, 0.3) is 0 Å². The molecular formula is C14H24IN5O2S. The standard InChI is InChI=1S/C14H23N5O2S.HI/c1-16-14(15)17-11-12-5-3-4-6-13(12)22(20,21)19-9-7-18(2)8-10-19;/h3-6H,7-11H2,1-2H3,(H3,15,16,17);1H. The van der Waals surface area contributed by atoms with Crippen molar-refractivity contribution in [3.05, 3.63) is 29.8 Å². The third-order valence-electron chi connectivity index (χ3n) is 3.75. The predicted octanol–water partition coefficient (Wildman–Crippen LogP) is 0.275. The van der Waals surface area contributed by atoms with E-state index in [0.717, 1.165) is 13.1 Å². The number of nitrogens with zero attached hydrogens (tertiary/aromatic N) is 3. The zero-order valence-electron chi connectivity index (χ0n) is 13.4. The lowest BCUT2D eigenvalue weighted by Gasteiger charge is -2.32. The summed E-state index contributed by atoms with van der Waals surface area (Å²) in [7, 11) is 0.0886.